The Bertz CT molecular complexity index is 1100. The maximum atomic E-state index is 13.4. The van der Waals surface area contributed by atoms with E-state index < -0.39 is 0 Å². The highest BCUT2D eigenvalue weighted by molar-refractivity contribution is 9.10. The lowest BCUT2D eigenvalue weighted by atomic mass is 9.80. The molecule has 1 saturated heterocycles. The van der Waals surface area contributed by atoms with Crippen molar-refractivity contribution in [3.63, 3.8) is 0 Å². The molecule has 2 aromatic rings. The first kappa shape index (κ1) is 23.3. The van der Waals surface area contributed by atoms with Gasteiger partial charge in [-0.2, -0.15) is 5.26 Å². The Hall–Kier alpha value is -2.40. The summed E-state index contributed by atoms with van der Waals surface area (Å²) in [6, 6.07) is 18.2. The van der Waals surface area contributed by atoms with Gasteiger partial charge in [-0.1, -0.05) is 34.1 Å². The van der Waals surface area contributed by atoms with E-state index in [-0.39, 0.29) is 23.6 Å². The number of likely N-dealkylation sites (tertiary alicyclic amines) is 1. The number of aliphatic hydroxyl groups is 1. The molecule has 3 fully saturated rings. The molecule has 2 aliphatic carbocycles. The van der Waals surface area contributed by atoms with Crippen LogP contribution in [0.5, 0.6) is 0 Å². The first-order chi connectivity index (χ1) is 16.5. The number of fused-ring (bicyclic) bond motifs is 1. The first-order valence-corrected chi connectivity index (χ1v) is 13.0. The average Bonchev–Trinajstić information content (AvgIpc) is 3.44. The number of hydrogen-bond acceptors (Lipinski definition) is 4. The maximum absolute atomic E-state index is 13.4. The number of anilines is 1. The van der Waals surface area contributed by atoms with E-state index in [0.29, 0.717) is 19.0 Å². The molecule has 5 rings (SSSR count). The Morgan fingerprint density at radius 1 is 1.26 bits per heavy atom. The molecular weight excluding hydrogens is 492 g/mol. The summed E-state index contributed by atoms with van der Waals surface area (Å²) in [6.07, 6.45) is 4.68. The summed E-state index contributed by atoms with van der Waals surface area (Å²) in [6.45, 7) is 3.00. The highest BCUT2D eigenvalue weighted by Gasteiger charge is 2.58. The van der Waals surface area contributed by atoms with E-state index in [9.17, 15) is 15.2 Å². The summed E-state index contributed by atoms with van der Waals surface area (Å²) >= 11 is 3.48. The molecule has 3 aliphatic rings. The van der Waals surface area contributed by atoms with Crippen molar-refractivity contribution >= 4 is 27.6 Å². The van der Waals surface area contributed by atoms with Crippen LogP contribution in [-0.2, 0) is 5.41 Å². The molecule has 0 spiro atoms. The molecule has 0 radical (unpaired) electrons. The summed E-state index contributed by atoms with van der Waals surface area (Å²) in [4.78, 5) is 17.7. The number of urea groups is 1. The SMILES string of the molecule is N#Cc1cccc([C@]23CCC(N(CCN4CC[C@@H](O)C4)C(=O)Nc4cccc(Br)c4)CC2C3)c1. The standard InChI is InChI=1S/C27H31BrN4O2/c28-22-5-2-6-23(15-22)30-26(34)32(12-11-31-10-8-25(33)18-31)24-7-9-27(16-21(27)14-24)20-4-1-3-19(13-20)17-29/h1-6,13,15,21,24-25,33H,7-12,14,16,18H2,(H,30,34)/t21?,24?,25-,27-/m1/s1. The second-order valence-corrected chi connectivity index (χ2v) is 11.0. The van der Waals surface area contributed by atoms with Gasteiger partial charge in [0.05, 0.1) is 17.7 Å². The number of rotatable bonds is 6. The van der Waals surface area contributed by atoms with Crippen LogP contribution >= 0.6 is 15.9 Å². The first-order valence-electron chi connectivity index (χ1n) is 12.2. The number of amides is 2. The quantitative estimate of drug-likeness (QED) is 0.574. The van der Waals surface area contributed by atoms with Crippen molar-refractivity contribution in [1.29, 1.82) is 5.26 Å². The molecule has 7 heteroatoms. The lowest BCUT2D eigenvalue weighted by molar-refractivity contribution is 0.142. The van der Waals surface area contributed by atoms with Gasteiger partial charge in [-0.25, -0.2) is 4.79 Å². The molecule has 0 aromatic heterocycles. The number of nitrogens with one attached hydrogen (secondary N) is 1. The molecule has 2 unspecified atom stereocenters. The third-order valence-corrected chi connectivity index (χ3v) is 8.45. The number of carbonyl (C=O) groups excluding carboxylic acids is 1. The number of nitriles is 1. The van der Waals surface area contributed by atoms with Crippen molar-refractivity contribution in [2.24, 2.45) is 5.92 Å². The van der Waals surface area contributed by atoms with Gasteiger partial charge < -0.3 is 15.3 Å². The predicted octanol–water partition coefficient (Wildman–Crippen LogP) is 4.73. The third kappa shape index (κ3) is 4.86. The van der Waals surface area contributed by atoms with Gasteiger partial charge in [-0.15, -0.1) is 0 Å². The van der Waals surface area contributed by atoms with Crippen molar-refractivity contribution in [3.8, 4) is 6.07 Å². The largest absolute Gasteiger partial charge is 0.392 e. The van der Waals surface area contributed by atoms with E-state index in [1.165, 1.54) is 5.56 Å². The van der Waals surface area contributed by atoms with Gasteiger partial charge >= 0.3 is 6.03 Å². The van der Waals surface area contributed by atoms with Crippen LogP contribution in [-0.4, -0.2) is 59.3 Å². The topological polar surface area (TPSA) is 79.6 Å². The van der Waals surface area contributed by atoms with Gasteiger partial charge in [-0.05, 0) is 79.3 Å². The van der Waals surface area contributed by atoms with Gasteiger partial charge in [0.2, 0.25) is 0 Å². The molecule has 2 N–H and O–H groups in total. The van der Waals surface area contributed by atoms with Gasteiger partial charge in [0, 0.05) is 42.4 Å². The second kappa shape index (κ2) is 9.69. The molecule has 2 amide bonds. The molecular formula is C27H31BrN4O2. The Kier molecular flexibility index (Phi) is 6.65. The molecule has 6 nitrogen and oxygen atoms in total. The summed E-state index contributed by atoms with van der Waals surface area (Å²) < 4.78 is 0.933. The fourth-order valence-electron chi connectivity index (χ4n) is 6.02. The minimum absolute atomic E-state index is 0.0533. The predicted molar refractivity (Wildman–Crippen MR) is 136 cm³/mol. The van der Waals surface area contributed by atoms with Crippen molar-refractivity contribution in [1.82, 2.24) is 9.80 Å². The molecule has 2 saturated carbocycles. The summed E-state index contributed by atoms with van der Waals surface area (Å²) in [7, 11) is 0. The number of carbonyl (C=O) groups is 1. The van der Waals surface area contributed by atoms with E-state index in [2.05, 4.69) is 44.3 Å². The van der Waals surface area contributed by atoms with Crippen LogP contribution < -0.4 is 5.32 Å². The van der Waals surface area contributed by atoms with E-state index >= 15 is 0 Å². The van der Waals surface area contributed by atoms with Gasteiger partial charge in [0.25, 0.3) is 0 Å². The zero-order chi connectivity index (χ0) is 23.7. The van der Waals surface area contributed by atoms with Crippen LogP contribution in [0.15, 0.2) is 53.0 Å². The van der Waals surface area contributed by atoms with Crippen LogP contribution in [0.4, 0.5) is 10.5 Å². The van der Waals surface area contributed by atoms with Crippen LogP contribution in [0, 0.1) is 17.2 Å². The van der Waals surface area contributed by atoms with Crippen LogP contribution in [0.1, 0.15) is 43.2 Å². The van der Waals surface area contributed by atoms with Crippen molar-refractivity contribution in [2.75, 3.05) is 31.5 Å². The van der Waals surface area contributed by atoms with Crippen LogP contribution in [0.2, 0.25) is 0 Å². The lowest BCUT2D eigenvalue weighted by Gasteiger charge is -2.37. The third-order valence-electron chi connectivity index (χ3n) is 7.96. The molecule has 178 valence electrons. The normalized spacial score (nSPS) is 28.1. The fourth-order valence-corrected chi connectivity index (χ4v) is 6.42. The van der Waals surface area contributed by atoms with Crippen molar-refractivity contribution in [2.45, 2.75) is 49.7 Å². The number of nitrogens with zero attached hydrogens (tertiary/aromatic N) is 3. The van der Waals surface area contributed by atoms with Gasteiger partial charge in [0.15, 0.2) is 0 Å². The van der Waals surface area contributed by atoms with E-state index in [1.807, 2.05) is 41.3 Å². The van der Waals surface area contributed by atoms with Crippen LogP contribution in [0.3, 0.4) is 0 Å². The second-order valence-electron chi connectivity index (χ2n) is 10.1. The monoisotopic (exact) mass is 522 g/mol. The number of β-amino-alcohol motifs (C(OH)–C–C–N with tert-alkyl or cyclic N) is 1. The van der Waals surface area contributed by atoms with Gasteiger partial charge in [-0.3, -0.25) is 4.90 Å². The van der Waals surface area contributed by atoms with Gasteiger partial charge in [0.1, 0.15) is 0 Å². The van der Waals surface area contributed by atoms with Crippen molar-refractivity contribution < 1.29 is 9.90 Å². The van der Waals surface area contributed by atoms with E-state index in [0.717, 1.165) is 60.9 Å². The number of benzene rings is 2. The molecule has 1 heterocycles. The summed E-state index contributed by atoms with van der Waals surface area (Å²) in [5.41, 5.74) is 2.97. The summed E-state index contributed by atoms with van der Waals surface area (Å²) in [5, 5.41) is 22.3. The van der Waals surface area contributed by atoms with Crippen LogP contribution in [0.25, 0.3) is 0 Å². The molecule has 2 aromatic carbocycles. The number of hydrogen-bond donors (Lipinski definition) is 2. The minimum atomic E-state index is -0.255. The molecule has 34 heavy (non-hydrogen) atoms. The Morgan fingerprint density at radius 3 is 2.85 bits per heavy atom. The Balaban J connectivity index is 1.29. The smallest absolute Gasteiger partial charge is 0.322 e. The average molecular weight is 523 g/mol. The Morgan fingerprint density at radius 2 is 2.12 bits per heavy atom. The highest BCUT2D eigenvalue weighted by Crippen LogP contribution is 2.62. The van der Waals surface area contributed by atoms with Crippen molar-refractivity contribution in [3.05, 3.63) is 64.1 Å². The fraction of sp³-hybridized carbons (Fsp3) is 0.481. The zero-order valence-electron chi connectivity index (χ0n) is 19.3. The van der Waals surface area contributed by atoms with E-state index in [1.54, 1.807) is 0 Å². The molecule has 4 atom stereocenters. The minimum Gasteiger partial charge on any atom is -0.392 e. The molecule has 1 aliphatic heterocycles. The van der Waals surface area contributed by atoms with E-state index in [4.69, 9.17) is 0 Å². The number of aliphatic hydroxyl groups excluding tert-OH is 1. The molecule has 0 bridgehead atoms. The Labute approximate surface area is 209 Å². The summed E-state index contributed by atoms with van der Waals surface area (Å²) in [5.74, 6) is 0.551. The number of halogens is 1. The zero-order valence-corrected chi connectivity index (χ0v) is 20.9. The lowest BCUT2D eigenvalue weighted by Crippen LogP contribution is -2.48. The maximum Gasteiger partial charge on any atom is 0.322 e. The highest BCUT2D eigenvalue weighted by atomic mass is 79.9.